The van der Waals surface area contributed by atoms with Gasteiger partial charge in [0.1, 0.15) is 0 Å². The molecule has 0 saturated heterocycles. The third kappa shape index (κ3) is 5.32. The molecule has 0 aliphatic carbocycles. The molecule has 1 amide bonds. The highest BCUT2D eigenvalue weighted by atomic mass is 16.1. The molecule has 2 N–H and O–H groups in total. The number of anilines is 1. The van der Waals surface area contributed by atoms with Gasteiger partial charge in [-0.15, -0.1) is 0 Å². The molecule has 1 aromatic rings. The van der Waals surface area contributed by atoms with Crippen LogP contribution >= 0.6 is 0 Å². The minimum absolute atomic E-state index is 0.0694. The Labute approximate surface area is 110 Å². The minimum Gasteiger partial charge on any atom is -0.326 e. The van der Waals surface area contributed by atoms with Gasteiger partial charge in [0, 0.05) is 18.7 Å². The van der Waals surface area contributed by atoms with E-state index in [-0.39, 0.29) is 5.91 Å². The molecule has 100 valence electrons. The van der Waals surface area contributed by atoms with Crippen molar-refractivity contribution in [2.45, 2.75) is 34.1 Å². The van der Waals surface area contributed by atoms with E-state index in [1.165, 1.54) is 0 Å². The number of amides is 1. The molecule has 0 unspecified atom stereocenters. The molecular weight excluding hydrogens is 224 g/mol. The van der Waals surface area contributed by atoms with E-state index < -0.39 is 0 Å². The summed E-state index contributed by atoms with van der Waals surface area (Å²) < 4.78 is 0. The molecule has 0 heterocycles. The predicted octanol–water partition coefficient (Wildman–Crippen LogP) is 2.88. The van der Waals surface area contributed by atoms with Crippen LogP contribution in [0.25, 0.3) is 0 Å². The van der Waals surface area contributed by atoms with Crippen LogP contribution in [0.2, 0.25) is 0 Å². The number of hydrogen-bond donors (Lipinski definition) is 2. The Morgan fingerprint density at radius 3 is 2.67 bits per heavy atom. The fourth-order valence-corrected chi connectivity index (χ4v) is 1.68. The fraction of sp³-hybridized carbons (Fsp3) is 0.533. The zero-order valence-corrected chi connectivity index (χ0v) is 11.8. The molecule has 0 aliphatic heterocycles. The third-order valence-electron chi connectivity index (χ3n) is 2.75. The van der Waals surface area contributed by atoms with Crippen molar-refractivity contribution >= 4 is 11.6 Å². The van der Waals surface area contributed by atoms with Crippen molar-refractivity contribution in [3.8, 4) is 0 Å². The maximum absolute atomic E-state index is 11.8. The van der Waals surface area contributed by atoms with Crippen LogP contribution in [0.5, 0.6) is 0 Å². The Balaban J connectivity index is 2.38. The van der Waals surface area contributed by atoms with Gasteiger partial charge in [-0.2, -0.15) is 0 Å². The van der Waals surface area contributed by atoms with Gasteiger partial charge in [0.25, 0.3) is 0 Å². The maximum Gasteiger partial charge on any atom is 0.225 e. The SMILES string of the molecule is Cc1ccc(C)c(NC(=O)CCNCC(C)C)c1. The summed E-state index contributed by atoms with van der Waals surface area (Å²) in [7, 11) is 0. The summed E-state index contributed by atoms with van der Waals surface area (Å²) in [6.45, 7) is 10.0. The van der Waals surface area contributed by atoms with Crippen LogP contribution in [-0.2, 0) is 4.79 Å². The standard InChI is InChI=1S/C15H24N2O/c1-11(2)10-16-8-7-15(18)17-14-9-12(3)5-6-13(14)4/h5-6,9,11,16H,7-8,10H2,1-4H3,(H,17,18). The van der Waals surface area contributed by atoms with Gasteiger partial charge in [0.2, 0.25) is 5.91 Å². The van der Waals surface area contributed by atoms with Gasteiger partial charge in [0.05, 0.1) is 0 Å². The van der Waals surface area contributed by atoms with Crippen molar-refractivity contribution < 1.29 is 4.79 Å². The van der Waals surface area contributed by atoms with Crippen LogP contribution in [0, 0.1) is 19.8 Å². The molecule has 0 saturated carbocycles. The van der Waals surface area contributed by atoms with Crippen LogP contribution < -0.4 is 10.6 Å². The van der Waals surface area contributed by atoms with Crippen molar-refractivity contribution in [2.75, 3.05) is 18.4 Å². The van der Waals surface area contributed by atoms with Crippen molar-refractivity contribution in [1.29, 1.82) is 0 Å². The van der Waals surface area contributed by atoms with Gasteiger partial charge in [0.15, 0.2) is 0 Å². The van der Waals surface area contributed by atoms with E-state index in [0.717, 1.165) is 29.9 Å². The molecule has 0 aliphatic rings. The molecule has 0 bridgehead atoms. The van der Waals surface area contributed by atoms with Crippen molar-refractivity contribution in [1.82, 2.24) is 5.32 Å². The summed E-state index contributed by atoms with van der Waals surface area (Å²) in [5.41, 5.74) is 3.18. The van der Waals surface area contributed by atoms with Gasteiger partial charge < -0.3 is 10.6 Å². The van der Waals surface area contributed by atoms with Gasteiger partial charge in [-0.3, -0.25) is 4.79 Å². The van der Waals surface area contributed by atoms with E-state index in [1.54, 1.807) is 0 Å². The highest BCUT2D eigenvalue weighted by Crippen LogP contribution is 2.16. The molecule has 0 aromatic heterocycles. The summed E-state index contributed by atoms with van der Waals surface area (Å²) in [5, 5.41) is 6.23. The Morgan fingerprint density at radius 1 is 1.28 bits per heavy atom. The molecule has 0 atom stereocenters. The second-order valence-corrected chi connectivity index (χ2v) is 5.21. The van der Waals surface area contributed by atoms with Crippen LogP contribution in [0.15, 0.2) is 18.2 Å². The Kier molecular flexibility index (Phi) is 5.86. The van der Waals surface area contributed by atoms with Crippen molar-refractivity contribution in [3.63, 3.8) is 0 Å². The second-order valence-electron chi connectivity index (χ2n) is 5.21. The lowest BCUT2D eigenvalue weighted by molar-refractivity contribution is -0.116. The van der Waals surface area contributed by atoms with Crippen LogP contribution in [0.3, 0.4) is 0 Å². The summed E-state index contributed by atoms with van der Waals surface area (Å²) in [4.78, 5) is 11.8. The number of carbonyl (C=O) groups is 1. The van der Waals surface area contributed by atoms with E-state index in [4.69, 9.17) is 0 Å². The first kappa shape index (κ1) is 14.7. The van der Waals surface area contributed by atoms with E-state index >= 15 is 0 Å². The normalized spacial score (nSPS) is 10.7. The van der Waals surface area contributed by atoms with E-state index in [0.29, 0.717) is 12.3 Å². The fourth-order valence-electron chi connectivity index (χ4n) is 1.68. The summed E-state index contributed by atoms with van der Waals surface area (Å²) in [5.74, 6) is 0.687. The zero-order chi connectivity index (χ0) is 13.5. The molecule has 3 nitrogen and oxygen atoms in total. The molecule has 1 aromatic carbocycles. The number of benzene rings is 1. The van der Waals surface area contributed by atoms with Gasteiger partial charge >= 0.3 is 0 Å². The molecule has 0 fully saturated rings. The summed E-state index contributed by atoms with van der Waals surface area (Å²) in [6, 6.07) is 6.09. The molecule has 0 spiro atoms. The topological polar surface area (TPSA) is 41.1 Å². The Hall–Kier alpha value is -1.35. The number of carbonyl (C=O) groups excluding carboxylic acids is 1. The lowest BCUT2D eigenvalue weighted by atomic mass is 10.1. The number of aryl methyl sites for hydroxylation is 2. The predicted molar refractivity (Wildman–Crippen MR) is 76.9 cm³/mol. The van der Waals surface area contributed by atoms with E-state index in [1.807, 2.05) is 26.0 Å². The molecule has 0 radical (unpaired) electrons. The second kappa shape index (κ2) is 7.17. The van der Waals surface area contributed by atoms with E-state index in [9.17, 15) is 4.79 Å². The lowest BCUT2D eigenvalue weighted by Gasteiger charge is -2.10. The Morgan fingerprint density at radius 2 is 2.00 bits per heavy atom. The number of rotatable bonds is 6. The average molecular weight is 248 g/mol. The van der Waals surface area contributed by atoms with Gasteiger partial charge in [-0.1, -0.05) is 26.0 Å². The third-order valence-corrected chi connectivity index (χ3v) is 2.75. The first-order chi connectivity index (χ1) is 8.49. The summed E-state index contributed by atoms with van der Waals surface area (Å²) in [6.07, 6.45) is 0.514. The van der Waals surface area contributed by atoms with Crippen LogP contribution in [-0.4, -0.2) is 19.0 Å². The highest BCUT2D eigenvalue weighted by Gasteiger charge is 2.04. The van der Waals surface area contributed by atoms with Gasteiger partial charge in [-0.25, -0.2) is 0 Å². The lowest BCUT2D eigenvalue weighted by Crippen LogP contribution is -2.25. The minimum atomic E-state index is 0.0694. The molecule has 3 heteroatoms. The van der Waals surface area contributed by atoms with Crippen LogP contribution in [0.4, 0.5) is 5.69 Å². The first-order valence-electron chi connectivity index (χ1n) is 6.57. The van der Waals surface area contributed by atoms with Crippen LogP contribution in [0.1, 0.15) is 31.4 Å². The highest BCUT2D eigenvalue weighted by molar-refractivity contribution is 5.91. The quantitative estimate of drug-likeness (QED) is 0.760. The van der Waals surface area contributed by atoms with Crippen molar-refractivity contribution in [2.24, 2.45) is 5.92 Å². The average Bonchev–Trinajstić information content (AvgIpc) is 2.29. The maximum atomic E-state index is 11.8. The summed E-state index contributed by atoms with van der Waals surface area (Å²) >= 11 is 0. The number of nitrogens with one attached hydrogen (secondary N) is 2. The van der Waals surface area contributed by atoms with Gasteiger partial charge in [-0.05, 0) is 43.5 Å². The molecule has 1 rings (SSSR count). The number of hydrogen-bond acceptors (Lipinski definition) is 2. The zero-order valence-electron chi connectivity index (χ0n) is 11.8. The van der Waals surface area contributed by atoms with Crippen molar-refractivity contribution in [3.05, 3.63) is 29.3 Å². The Bertz CT molecular complexity index is 399. The molecular formula is C15H24N2O. The molecule has 18 heavy (non-hydrogen) atoms. The smallest absolute Gasteiger partial charge is 0.225 e. The first-order valence-corrected chi connectivity index (χ1v) is 6.57. The monoisotopic (exact) mass is 248 g/mol. The van der Waals surface area contributed by atoms with E-state index in [2.05, 4.69) is 30.5 Å². The largest absolute Gasteiger partial charge is 0.326 e.